The third kappa shape index (κ3) is 2.78. The number of amides is 1. The van der Waals surface area contributed by atoms with Gasteiger partial charge >= 0.3 is 0 Å². The Balaban J connectivity index is 1.89. The van der Waals surface area contributed by atoms with Crippen molar-refractivity contribution in [3.63, 3.8) is 0 Å². The fourth-order valence-corrected chi connectivity index (χ4v) is 3.51. The van der Waals surface area contributed by atoms with Crippen LogP contribution in [-0.4, -0.2) is 12.5 Å². The number of hydrogen-bond donors (Lipinski definition) is 1. The minimum Gasteiger partial charge on any atom is -0.356 e. The van der Waals surface area contributed by atoms with E-state index < -0.39 is 0 Å². The Morgan fingerprint density at radius 1 is 1.31 bits per heavy atom. The van der Waals surface area contributed by atoms with Crippen molar-refractivity contribution in [3.8, 4) is 0 Å². The Bertz CT molecular complexity index is 239. The standard InChI is InChI=1S/C14H25NO/c1-2-4-12-5-3-8-14(9-6-12)10-7-13(16)15-11-14/h12H,2-11H2,1H3,(H,15,16). The van der Waals surface area contributed by atoms with E-state index in [9.17, 15) is 4.79 Å². The average Bonchev–Trinajstić information content (AvgIpc) is 2.48. The molecule has 1 aliphatic carbocycles. The molecule has 2 unspecified atom stereocenters. The van der Waals surface area contributed by atoms with Crippen LogP contribution >= 0.6 is 0 Å². The molecule has 2 atom stereocenters. The summed E-state index contributed by atoms with van der Waals surface area (Å²) in [5.74, 6) is 1.22. The van der Waals surface area contributed by atoms with Gasteiger partial charge in [-0.25, -0.2) is 0 Å². The molecule has 92 valence electrons. The van der Waals surface area contributed by atoms with Gasteiger partial charge in [0.1, 0.15) is 0 Å². The quantitative estimate of drug-likeness (QED) is 0.765. The van der Waals surface area contributed by atoms with Gasteiger partial charge < -0.3 is 5.32 Å². The maximum Gasteiger partial charge on any atom is 0.220 e. The largest absolute Gasteiger partial charge is 0.356 e. The van der Waals surface area contributed by atoms with Crippen LogP contribution in [0.2, 0.25) is 0 Å². The maximum atomic E-state index is 11.2. The third-order valence-electron chi connectivity index (χ3n) is 4.64. The number of nitrogens with one attached hydrogen (secondary N) is 1. The normalized spacial score (nSPS) is 35.8. The molecule has 0 bridgehead atoms. The summed E-state index contributed by atoms with van der Waals surface area (Å²) in [6.07, 6.45) is 11.5. The summed E-state index contributed by atoms with van der Waals surface area (Å²) in [5.41, 5.74) is 0.469. The molecular weight excluding hydrogens is 198 g/mol. The van der Waals surface area contributed by atoms with Gasteiger partial charge in [0.2, 0.25) is 5.91 Å². The molecule has 0 aromatic carbocycles. The van der Waals surface area contributed by atoms with Crippen molar-refractivity contribution in [1.82, 2.24) is 5.32 Å². The Hall–Kier alpha value is -0.530. The number of carbonyl (C=O) groups excluding carboxylic acids is 1. The molecule has 1 spiro atoms. The average molecular weight is 223 g/mol. The molecule has 1 aliphatic heterocycles. The van der Waals surface area contributed by atoms with Gasteiger partial charge in [-0.15, -0.1) is 0 Å². The zero-order valence-electron chi connectivity index (χ0n) is 10.6. The van der Waals surface area contributed by atoms with Crippen LogP contribution in [0.4, 0.5) is 0 Å². The first kappa shape index (κ1) is 11.9. The molecular formula is C14H25NO. The zero-order chi connectivity index (χ0) is 11.4. The second-order valence-corrected chi connectivity index (χ2v) is 5.86. The van der Waals surface area contributed by atoms with Gasteiger partial charge in [-0.3, -0.25) is 4.79 Å². The summed E-state index contributed by atoms with van der Waals surface area (Å²) in [6, 6.07) is 0. The molecule has 0 aromatic heterocycles. The predicted molar refractivity (Wildman–Crippen MR) is 66.2 cm³/mol. The van der Waals surface area contributed by atoms with E-state index in [1.165, 1.54) is 44.9 Å². The smallest absolute Gasteiger partial charge is 0.220 e. The van der Waals surface area contributed by atoms with Gasteiger partial charge in [0, 0.05) is 13.0 Å². The summed E-state index contributed by atoms with van der Waals surface area (Å²) in [7, 11) is 0. The first-order valence-electron chi connectivity index (χ1n) is 7.01. The molecule has 1 N–H and O–H groups in total. The highest BCUT2D eigenvalue weighted by Gasteiger charge is 2.36. The van der Waals surface area contributed by atoms with Crippen molar-refractivity contribution >= 4 is 5.91 Å². The zero-order valence-corrected chi connectivity index (χ0v) is 10.6. The van der Waals surface area contributed by atoms with Crippen LogP contribution in [0.25, 0.3) is 0 Å². The Labute approximate surface area is 99.2 Å². The second-order valence-electron chi connectivity index (χ2n) is 5.86. The van der Waals surface area contributed by atoms with Crippen LogP contribution in [0, 0.1) is 11.3 Å². The van der Waals surface area contributed by atoms with Gasteiger partial charge in [0.15, 0.2) is 0 Å². The highest BCUT2D eigenvalue weighted by atomic mass is 16.1. The van der Waals surface area contributed by atoms with Gasteiger partial charge in [-0.2, -0.15) is 0 Å². The SMILES string of the molecule is CCCC1CCCC2(CCC(=O)NC2)CC1. The van der Waals surface area contributed by atoms with Crippen molar-refractivity contribution in [2.75, 3.05) is 6.54 Å². The summed E-state index contributed by atoms with van der Waals surface area (Å²) in [4.78, 5) is 11.2. The van der Waals surface area contributed by atoms with E-state index in [0.717, 1.165) is 25.3 Å². The van der Waals surface area contributed by atoms with Crippen LogP contribution in [0.3, 0.4) is 0 Å². The van der Waals surface area contributed by atoms with E-state index in [1.807, 2.05) is 0 Å². The lowest BCUT2D eigenvalue weighted by Crippen LogP contribution is -2.43. The van der Waals surface area contributed by atoms with Crippen molar-refractivity contribution in [2.24, 2.45) is 11.3 Å². The highest BCUT2D eigenvalue weighted by Crippen LogP contribution is 2.42. The predicted octanol–water partition coefficient (Wildman–Crippen LogP) is 3.26. The molecule has 16 heavy (non-hydrogen) atoms. The minimum absolute atomic E-state index is 0.264. The maximum absolute atomic E-state index is 11.2. The van der Waals surface area contributed by atoms with E-state index in [2.05, 4.69) is 12.2 Å². The lowest BCUT2D eigenvalue weighted by Gasteiger charge is -2.36. The fourth-order valence-electron chi connectivity index (χ4n) is 3.51. The Morgan fingerprint density at radius 3 is 2.88 bits per heavy atom. The molecule has 1 saturated heterocycles. The van der Waals surface area contributed by atoms with Gasteiger partial charge in [0.25, 0.3) is 0 Å². The van der Waals surface area contributed by atoms with E-state index in [1.54, 1.807) is 0 Å². The first-order chi connectivity index (χ1) is 7.74. The van der Waals surface area contributed by atoms with Gasteiger partial charge in [-0.05, 0) is 37.0 Å². The Kier molecular flexibility index (Phi) is 3.88. The van der Waals surface area contributed by atoms with E-state index >= 15 is 0 Å². The summed E-state index contributed by atoms with van der Waals surface area (Å²) < 4.78 is 0. The molecule has 2 fully saturated rings. The van der Waals surface area contributed by atoms with Crippen LogP contribution in [0.15, 0.2) is 0 Å². The molecule has 2 nitrogen and oxygen atoms in total. The molecule has 1 amide bonds. The van der Waals surface area contributed by atoms with E-state index in [0.29, 0.717) is 5.41 Å². The summed E-state index contributed by atoms with van der Waals surface area (Å²) >= 11 is 0. The van der Waals surface area contributed by atoms with Gasteiger partial charge in [0.05, 0.1) is 0 Å². The second kappa shape index (κ2) is 5.20. The Morgan fingerprint density at radius 2 is 2.19 bits per heavy atom. The molecule has 2 heteroatoms. The van der Waals surface area contributed by atoms with Crippen molar-refractivity contribution in [2.45, 2.75) is 64.7 Å². The third-order valence-corrected chi connectivity index (χ3v) is 4.64. The highest BCUT2D eigenvalue weighted by molar-refractivity contribution is 5.76. The number of rotatable bonds is 2. The van der Waals surface area contributed by atoms with Crippen molar-refractivity contribution < 1.29 is 4.79 Å². The molecule has 1 saturated carbocycles. The van der Waals surface area contributed by atoms with Crippen molar-refractivity contribution in [1.29, 1.82) is 0 Å². The van der Waals surface area contributed by atoms with E-state index in [-0.39, 0.29) is 5.91 Å². The monoisotopic (exact) mass is 223 g/mol. The summed E-state index contributed by atoms with van der Waals surface area (Å²) in [6.45, 7) is 3.24. The lowest BCUT2D eigenvalue weighted by molar-refractivity contribution is -0.124. The number of hydrogen-bond acceptors (Lipinski definition) is 1. The van der Waals surface area contributed by atoms with Crippen molar-refractivity contribution in [3.05, 3.63) is 0 Å². The molecule has 0 aromatic rings. The van der Waals surface area contributed by atoms with Crippen LogP contribution in [0.1, 0.15) is 64.7 Å². The lowest BCUT2D eigenvalue weighted by atomic mass is 9.74. The topological polar surface area (TPSA) is 29.1 Å². The number of carbonyl (C=O) groups is 1. The van der Waals surface area contributed by atoms with Crippen LogP contribution < -0.4 is 5.32 Å². The fraction of sp³-hybridized carbons (Fsp3) is 0.929. The molecule has 2 aliphatic rings. The number of piperidine rings is 1. The first-order valence-corrected chi connectivity index (χ1v) is 7.01. The van der Waals surface area contributed by atoms with Crippen LogP contribution in [0.5, 0.6) is 0 Å². The van der Waals surface area contributed by atoms with Gasteiger partial charge in [-0.1, -0.05) is 32.6 Å². The minimum atomic E-state index is 0.264. The molecule has 0 radical (unpaired) electrons. The summed E-state index contributed by atoms with van der Waals surface area (Å²) in [5, 5.41) is 3.08. The molecule has 1 heterocycles. The molecule has 2 rings (SSSR count). The van der Waals surface area contributed by atoms with Crippen LogP contribution in [-0.2, 0) is 4.79 Å². The van der Waals surface area contributed by atoms with E-state index in [4.69, 9.17) is 0 Å².